The van der Waals surface area contributed by atoms with Gasteiger partial charge in [0.2, 0.25) is 0 Å². The van der Waals surface area contributed by atoms with Crippen LogP contribution in [-0.2, 0) is 12.7 Å². The number of hydrogen-bond acceptors (Lipinski definition) is 4. The van der Waals surface area contributed by atoms with Crippen LogP contribution in [0.25, 0.3) is 16.9 Å². The van der Waals surface area contributed by atoms with E-state index in [9.17, 15) is 22.8 Å². The fourth-order valence-electron chi connectivity index (χ4n) is 3.77. The van der Waals surface area contributed by atoms with Crippen LogP contribution in [0.3, 0.4) is 0 Å². The molecule has 0 saturated heterocycles. The van der Waals surface area contributed by atoms with E-state index in [1.165, 1.54) is 12.1 Å². The molecule has 0 unspecified atom stereocenters. The molecule has 184 valence electrons. The number of carbonyl (C=O) groups excluding carboxylic acids is 2. The summed E-state index contributed by atoms with van der Waals surface area (Å²) in [5, 5.41) is 7.15. The average molecular weight is 493 g/mol. The highest BCUT2D eigenvalue weighted by molar-refractivity contribution is 6.03. The minimum absolute atomic E-state index is 0.0339. The number of hydrogen-bond donors (Lipinski definition) is 3. The molecule has 4 rings (SSSR count). The van der Waals surface area contributed by atoms with Gasteiger partial charge < -0.3 is 16.8 Å². The Labute approximate surface area is 204 Å². The highest BCUT2D eigenvalue weighted by Gasteiger charge is 2.31. The molecular weight excluding hydrogens is 471 g/mol. The van der Waals surface area contributed by atoms with Gasteiger partial charge in [0.15, 0.2) is 0 Å². The molecule has 0 saturated carbocycles. The predicted octanol–water partition coefficient (Wildman–Crippen LogP) is 4.48. The number of nitrogen functional groups attached to an aromatic ring is 1. The first-order valence-electron chi connectivity index (χ1n) is 10.9. The average Bonchev–Trinajstić information content (AvgIpc) is 3.20. The van der Waals surface area contributed by atoms with Crippen LogP contribution in [0.5, 0.6) is 0 Å². The molecule has 0 atom stereocenters. The fraction of sp³-hybridized carbons (Fsp3) is 0.115. The van der Waals surface area contributed by atoms with Gasteiger partial charge in [-0.1, -0.05) is 48.5 Å². The molecule has 36 heavy (non-hydrogen) atoms. The Morgan fingerprint density at radius 3 is 2.33 bits per heavy atom. The van der Waals surface area contributed by atoms with Crippen molar-refractivity contribution < 1.29 is 22.8 Å². The monoisotopic (exact) mass is 493 g/mol. The number of amides is 2. The van der Waals surface area contributed by atoms with Gasteiger partial charge in [-0.2, -0.15) is 18.3 Å². The molecule has 0 fully saturated rings. The fourth-order valence-corrected chi connectivity index (χ4v) is 3.77. The minimum atomic E-state index is -4.56. The van der Waals surface area contributed by atoms with E-state index in [-0.39, 0.29) is 35.2 Å². The third kappa shape index (κ3) is 4.92. The molecule has 0 aliphatic carbocycles. The molecule has 3 aromatic carbocycles. The first-order chi connectivity index (χ1) is 17.1. The molecule has 4 aromatic rings. The SMILES string of the molecule is Cc1ccccc1C(=O)NCc1ccc(-c2nn(-c3cccc(C(F)(F)F)c3)c(N)c2C(N)=O)cc1. The zero-order valence-corrected chi connectivity index (χ0v) is 19.1. The molecule has 1 heterocycles. The van der Waals surface area contributed by atoms with Gasteiger partial charge in [0.05, 0.1) is 11.3 Å². The maximum atomic E-state index is 13.2. The number of anilines is 1. The number of nitrogens with two attached hydrogens (primary N) is 2. The van der Waals surface area contributed by atoms with Crippen LogP contribution in [0.4, 0.5) is 19.0 Å². The topological polar surface area (TPSA) is 116 Å². The number of nitrogens with one attached hydrogen (secondary N) is 1. The Bertz CT molecular complexity index is 1440. The largest absolute Gasteiger partial charge is 0.416 e. The second-order valence-corrected chi connectivity index (χ2v) is 8.13. The summed E-state index contributed by atoms with van der Waals surface area (Å²) >= 11 is 0. The zero-order chi connectivity index (χ0) is 26.0. The van der Waals surface area contributed by atoms with Crippen LogP contribution in [0, 0.1) is 6.92 Å². The number of aromatic nitrogens is 2. The second-order valence-electron chi connectivity index (χ2n) is 8.13. The van der Waals surface area contributed by atoms with Gasteiger partial charge in [0.25, 0.3) is 11.8 Å². The molecule has 0 aliphatic heterocycles. The van der Waals surface area contributed by atoms with Crippen LogP contribution in [0.2, 0.25) is 0 Å². The van der Waals surface area contributed by atoms with Gasteiger partial charge in [-0.25, -0.2) is 4.68 Å². The number of nitrogens with zero attached hydrogens (tertiary/aromatic N) is 2. The zero-order valence-electron chi connectivity index (χ0n) is 19.1. The molecule has 0 aliphatic rings. The summed E-state index contributed by atoms with van der Waals surface area (Å²) in [6, 6.07) is 18.5. The lowest BCUT2D eigenvalue weighted by molar-refractivity contribution is -0.137. The van der Waals surface area contributed by atoms with Crippen molar-refractivity contribution in [2.75, 3.05) is 5.73 Å². The number of benzene rings is 3. The van der Waals surface area contributed by atoms with Crippen molar-refractivity contribution in [2.45, 2.75) is 19.6 Å². The number of aryl methyl sites for hydroxylation is 1. The number of carbonyl (C=O) groups is 2. The van der Waals surface area contributed by atoms with Crippen molar-refractivity contribution in [1.29, 1.82) is 0 Å². The second kappa shape index (κ2) is 9.57. The van der Waals surface area contributed by atoms with E-state index in [2.05, 4.69) is 10.4 Å². The summed E-state index contributed by atoms with van der Waals surface area (Å²) in [6.07, 6.45) is -4.56. The normalized spacial score (nSPS) is 11.3. The van der Waals surface area contributed by atoms with Crippen molar-refractivity contribution in [3.8, 4) is 16.9 Å². The summed E-state index contributed by atoms with van der Waals surface area (Å²) in [4.78, 5) is 24.6. The first-order valence-corrected chi connectivity index (χ1v) is 10.9. The van der Waals surface area contributed by atoms with Crippen molar-refractivity contribution in [3.05, 3.63) is 101 Å². The van der Waals surface area contributed by atoms with E-state index in [1.807, 2.05) is 19.1 Å². The number of rotatable bonds is 6. The van der Waals surface area contributed by atoms with Crippen LogP contribution in [-0.4, -0.2) is 21.6 Å². The van der Waals surface area contributed by atoms with Crippen LogP contribution >= 0.6 is 0 Å². The van der Waals surface area contributed by atoms with Gasteiger partial charge >= 0.3 is 6.18 Å². The van der Waals surface area contributed by atoms with E-state index in [0.717, 1.165) is 27.9 Å². The molecule has 1 aromatic heterocycles. The lowest BCUT2D eigenvalue weighted by Gasteiger charge is -2.09. The maximum Gasteiger partial charge on any atom is 0.416 e. The molecular formula is C26H22F3N5O2. The smallest absolute Gasteiger partial charge is 0.383 e. The quantitative estimate of drug-likeness (QED) is 0.367. The summed E-state index contributed by atoms with van der Waals surface area (Å²) in [5.41, 5.74) is 13.5. The summed E-state index contributed by atoms with van der Waals surface area (Å²) in [7, 11) is 0. The van der Waals surface area contributed by atoms with Gasteiger partial charge in [0.1, 0.15) is 17.1 Å². The Morgan fingerprint density at radius 2 is 1.69 bits per heavy atom. The Hall–Kier alpha value is -4.60. The van der Waals surface area contributed by atoms with E-state index >= 15 is 0 Å². The molecule has 7 nitrogen and oxygen atoms in total. The van der Waals surface area contributed by atoms with Crippen molar-refractivity contribution >= 4 is 17.6 Å². The molecule has 0 bridgehead atoms. The molecule has 2 amide bonds. The standard InChI is InChI=1S/C26H22F3N5O2/c1-15-5-2-3-8-20(15)25(36)32-14-16-9-11-17(12-10-16)22-21(24(31)35)23(30)34(33-22)19-7-4-6-18(13-19)26(27,28)29/h2-13H,14,30H2,1H3,(H2,31,35)(H,32,36). The Morgan fingerprint density at radius 1 is 1.00 bits per heavy atom. The number of halogens is 3. The highest BCUT2D eigenvalue weighted by Crippen LogP contribution is 2.33. The lowest BCUT2D eigenvalue weighted by Crippen LogP contribution is -2.23. The summed E-state index contributed by atoms with van der Waals surface area (Å²) in [5.74, 6) is -1.25. The number of primary amides is 1. The maximum absolute atomic E-state index is 13.2. The molecule has 0 radical (unpaired) electrons. The van der Waals surface area contributed by atoms with E-state index < -0.39 is 17.6 Å². The van der Waals surface area contributed by atoms with Gasteiger partial charge in [-0.15, -0.1) is 0 Å². The lowest BCUT2D eigenvalue weighted by atomic mass is 10.0. The van der Waals surface area contributed by atoms with Crippen LogP contribution < -0.4 is 16.8 Å². The van der Waals surface area contributed by atoms with E-state index in [1.54, 1.807) is 36.4 Å². The van der Waals surface area contributed by atoms with Crippen LogP contribution in [0.15, 0.2) is 72.8 Å². The number of alkyl halides is 3. The third-order valence-corrected chi connectivity index (χ3v) is 5.66. The Balaban J connectivity index is 1.61. The molecule has 10 heteroatoms. The molecule has 5 N–H and O–H groups in total. The van der Waals surface area contributed by atoms with Crippen molar-refractivity contribution in [1.82, 2.24) is 15.1 Å². The van der Waals surface area contributed by atoms with E-state index in [4.69, 9.17) is 11.5 Å². The van der Waals surface area contributed by atoms with Gasteiger partial charge in [-0.3, -0.25) is 9.59 Å². The summed E-state index contributed by atoms with van der Waals surface area (Å²) < 4.78 is 40.6. The predicted molar refractivity (Wildman–Crippen MR) is 129 cm³/mol. The minimum Gasteiger partial charge on any atom is -0.383 e. The third-order valence-electron chi connectivity index (χ3n) is 5.66. The van der Waals surface area contributed by atoms with Crippen LogP contribution in [0.1, 0.15) is 37.4 Å². The van der Waals surface area contributed by atoms with Gasteiger partial charge in [-0.05, 0) is 42.3 Å². The summed E-state index contributed by atoms with van der Waals surface area (Å²) in [6.45, 7) is 2.11. The van der Waals surface area contributed by atoms with Crippen molar-refractivity contribution in [3.63, 3.8) is 0 Å². The van der Waals surface area contributed by atoms with E-state index in [0.29, 0.717) is 11.1 Å². The first kappa shape index (κ1) is 24.5. The highest BCUT2D eigenvalue weighted by atomic mass is 19.4. The molecule has 0 spiro atoms. The van der Waals surface area contributed by atoms with Gasteiger partial charge in [0, 0.05) is 17.7 Å². The van der Waals surface area contributed by atoms with Crippen molar-refractivity contribution in [2.24, 2.45) is 5.73 Å². The Kier molecular flexibility index (Phi) is 6.52.